The highest BCUT2D eigenvalue weighted by molar-refractivity contribution is 5.94. The molecule has 0 aliphatic heterocycles. The average Bonchev–Trinajstić information content (AvgIpc) is 2.90. The fraction of sp³-hybridized carbons (Fsp3) is 0.370. The second-order valence-corrected chi connectivity index (χ2v) is 9.54. The molecule has 14 nitrogen and oxygen atoms in total. The Balaban J connectivity index is 2.12. The number of rotatable bonds is 15. The molecule has 5 atom stereocenters. The van der Waals surface area contributed by atoms with Crippen molar-refractivity contribution >= 4 is 29.6 Å². The Labute approximate surface area is 235 Å². The molecule has 14 heteroatoms. The van der Waals surface area contributed by atoms with Gasteiger partial charge in [0.2, 0.25) is 23.6 Å². The highest BCUT2D eigenvalue weighted by Gasteiger charge is 2.32. The van der Waals surface area contributed by atoms with Crippen LogP contribution < -0.4 is 27.4 Å². The van der Waals surface area contributed by atoms with Crippen LogP contribution in [0.15, 0.2) is 48.5 Å². The third kappa shape index (κ3) is 10.8. The van der Waals surface area contributed by atoms with Crippen LogP contribution in [0.4, 0.5) is 0 Å². The Bertz CT molecular complexity index is 1220. The highest BCUT2D eigenvalue weighted by atomic mass is 16.4. The Morgan fingerprint density at radius 2 is 1.24 bits per heavy atom. The Hall–Kier alpha value is -4.69. The average molecular weight is 574 g/mol. The number of aromatic hydroxyl groups is 2. The normalized spacial score (nSPS) is 14.5. The van der Waals surface area contributed by atoms with E-state index in [1.165, 1.54) is 43.3 Å². The fourth-order valence-corrected chi connectivity index (χ4v) is 3.80. The highest BCUT2D eigenvalue weighted by Crippen LogP contribution is 2.13. The summed E-state index contributed by atoms with van der Waals surface area (Å²) in [6, 6.07) is 6.09. The zero-order chi connectivity index (χ0) is 30.7. The summed E-state index contributed by atoms with van der Waals surface area (Å²) in [6.07, 6.45) is -2.15. The van der Waals surface area contributed by atoms with Gasteiger partial charge in [-0.15, -0.1) is 0 Å². The van der Waals surface area contributed by atoms with E-state index in [0.29, 0.717) is 11.1 Å². The molecule has 2 rings (SSSR count). The van der Waals surface area contributed by atoms with E-state index < -0.39 is 59.9 Å². The number of aliphatic carboxylic acids is 1. The largest absolute Gasteiger partial charge is 0.508 e. The number of amides is 4. The molecule has 5 unspecified atom stereocenters. The van der Waals surface area contributed by atoms with E-state index >= 15 is 0 Å². The molecule has 0 bridgehead atoms. The van der Waals surface area contributed by atoms with Crippen molar-refractivity contribution in [1.82, 2.24) is 16.0 Å². The van der Waals surface area contributed by atoms with Crippen LogP contribution in [-0.2, 0) is 36.8 Å². The third-order valence-electron chi connectivity index (χ3n) is 6.09. The number of benzene rings is 2. The van der Waals surface area contributed by atoms with Gasteiger partial charge in [0, 0.05) is 12.8 Å². The molecule has 2 aromatic carbocycles. The molecule has 0 radical (unpaired) electrons. The number of nitrogens with one attached hydrogen (secondary N) is 3. The first-order chi connectivity index (χ1) is 19.3. The van der Waals surface area contributed by atoms with E-state index in [0.717, 1.165) is 0 Å². The lowest BCUT2D eigenvalue weighted by Crippen LogP contribution is -2.60. The van der Waals surface area contributed by atoms with E-state index in [1.54, 1.807) is 12.1 Å². The molecule has 222 valence electrons. The summed E-state index contributed by atoms with van der Waals surface area (Å²) in [7, 11) is 0. The minimum absolute atomic E-state index is 0.0278. The van der Waals surface area contributed by atoms with Crippen molar-refractivity contribution in [3.05, 3.63) is 59.7 Å². The SMILES string of the molecule is CC(O)C(NC(=O)C(N)Cc1ccc(O)cc1)C(=O)NC(CCC(N)=O)C(=O)NC(Cc1ccc(O)cc1)C(=O)O. The quantitative estimate of drug-likeness (QED) is 0.118. The monoisotopic (exact) mass is 573 g/mol. The maximum atomic E-state index is 13.1. The summed E-state index contributed by atoms with van der Waals surface area (Å²) in [5.41, 5.74) is 12.3. The van der Waals surface area contributed by atoms with Crippen LogP contribution in [0.2, 0.25) is 0 Å². The molecule has 0 aliphatic carbocycles. The Morgan fingerprint density at radius 1 is 0.756 bits per heavy atom. The maximum absolute atomic E-state index is 13.1. The third-order valence-corrected chi connectivity index (χ3v) is 6.09. The number of carboxylic acids is 1. The standard InChI is InChI=1S/C27H35N5O9/c1-14(33)23(32-24(37)19(28)12-15-2-6-17(34)7-3-15)26(39)30-20(10-11-22(29)36)25(38)31-21(27(40)41)13-16-4-8-18(35)9-5-16/h2-9,14,19-21,23,33-35H,10-13,28H2,1H3,(H2,29,36)(H,30,39)(H,31,38)(H,32,37)(H,40,41). The number of aliphatic hydroxyl groups is 1. The second-order valence-electron chi connectivity index (χ2n) is 9.54. The molecule has 0 aromatic heterocycles. The number of hydrogen-bond acceptors (Lipinski definition) is 9. The smallest absolute Gasteiger partial charge is 0.326 e. The van der Waals surface area contributed by atoms with E-state index in [-0.39, 0.29) is 37.2 Å². The van der Waals surface area contributed by atoms with Gasteiger partial charge >= 0.3 is 5.97 Å². The number of phenolic OH excluding ortho intramolecular Hbond substituents is 2. The van der Waals surface area contributed by atoms with Crippen LogP contribution >= 0.6 is 0 Å². The first kappa shape index (κ1) is 32.5. The molecule has 0 saturated heterocycles. The van der Waals surface area contributed by atoms with Crippen LogP contribution in [0, 0.1) is 0 Å². The van der Waals surface area contributed by atoms with Crippen LogP contribution in [0.1, 0.15) is 30.9 Å². The van der Waals surface area contributed by atoms with E-state index in [4.69, 9.17) is 11.5 Å². The number of carbonyl (C=O) groups excluding carboxylic acids is 4. The van der Waals surface area contributed by atoms with Crippen molar-refractivity contribution in [2.45, 2.75) is 62.9 Å². The number of hydrogen-bond donors (Lipinski definition) is 9. The summed E-state index contributed by atoms with van der Waals surface area (Å²) in [4.78, 5) is 62.0. The minimum atomic E-state index is -1.55. The number of carboxylic acid groups (broad SMARTS) is 1. The molecular weight excluding hydrogens is 538 g/mol. The molecule has 41 heavy (non-hydrogen) atoms. The van der Waals surface area contributed by atoms with Gasteiger partial charge < -0.3 is 47.8 Å². The zero-order valence-electron chi connectivity index (χ0n) is 22.3. The van der Waals surface area contributed by atoms with Crippen molar-refractivity contribution in [2.75, 3.05) is 0 Å². The van der Waals surface area contributed by atoms with Crippen LogP contribution in [0.5, 0.6) is 11.5 Å². The van der Waals surface area contributed by atoms with Crippen LogP contribution in [0.3, 0.4) is 0 Å². The summed E-state index contributed by atoms with van der Waals surface area (Å²) in [5, 5.41) is 45.6. The molecule has 0 fully saturated rings. The number of primary amides is 1. The van der Waals surface area contributed by atoms with Crippen LogP contribution in [-0.4, -0.2) is 80.3 Å². The Kier molecular flexibility index (Phi) is 12.0. The van der Waals surface area contributed by atoms with Gasteiger partial charge in [-0.2, -0.15) is 0 Å². The lowest BCUT2D eigenvalue weighted by molar-refractivity contribution is -0.142. The van der Waals surface area contributed by atoms with E-state index in [9.17, 15) is 44.4 Å². The first-order valence-corrected chi connectivity index (χ1v) is 12.7. The fourth-order valence-electron chi connectivity index (χ4n) is 3.80. The van der Waals surface area contributed by atoms with Gasteiger partial charge in [-0.1, -0.05) is 24.3 Å². The summed E-state index contributed by atoms with van der Waals surface area (Å²) < 4.78 is 0. The van der Waals surface area contributed by atoms with Crippen molar-refractivity contribution < 1.29 is 44.4 Å². The molecule has 0 spiro atoms. The zero-order valence-corrected chi connectivity index (χ0v) is 22.3. The van der Waals surface area contributed by atoms with Gasteiger partial charge in [0.15, 0.2) is 0 Å². The van der Waals surface area contributed by atoms with Gasteiger partial charge in [0.05, 0.1) is 12.1 Å². The van der Waals surface area contributed by atoms with E-state index in [2.05, 4.69) is 16.0 Å². The molecule has 2 aromatic rings. The second kappa shape index (κ2) is 15.2. The number of carbonyl (C=O) groups is 5. The lowest BCUT2D eigenvalue weighted by Gasteiger charge is -2.26. The van der Waals surface area contributed by atoms with Gasteiger partial charge in [-0.3, -0.25) is 19.2 Å². The molecule has 0 saturated carbocycles. The van der Waals surface area contributed by atoms with Crippen LogP contribution in [0.25, 0.3) is 0 Å². The predicted molar refractivity (Wildman–Crippen MR) is 145 cm³/mol. The summed E-state index contributed by atoms with van der Waals surface area (Å²) in [5.74, 6) is -4.86. The maximum Gasteiger partial charge on any atom is 0.326 e. The number of phenols is 2. The number of aliphatic hydroxyl groups excluding tert-OH is 1. The number of nitrogens with two attached hydrogens (primary N) is 2. The molecule has 11 N–H and O–H groups in total. The minimum Gasteiger partial charge on any atom is -0.508 e. The van der Waals surface area contributed by atoms with Crippen molar-refractivity contribution in [1.29, 1.82) is 0 Å². The van der Waals surface area contributed by atoms with Gasteiger partial charge in [-0.25, -0.2) is 4.79 Å². The molecule has 0 heterocycles. The molecule has 0 aliphatic rings. The summed E-state index contributed by atoms with van der Waals surface area (Å²) in [6.45, 7) is 1.23. The molecule has 4 amide bonds. The van der Waals surface area contributed by atoms with Crippen molar-refractivity contribution in [3.8, 4) is 11.5 Å². The topological polar surface area (TPSA) is 254 Å². The summed E-state index contributed by atoms with van der Waals surface area (Å²) >= 11 is 0. The Morgan fingerprint density at radius 3 is 1.71 bits per heavy atom. The molecular formula is C27H35N5O9. The predicted octanol–water partition coefficient (Wildman–Crippen LogP) is -1.60. The first-order valence-electron chi connectivity index (χ1n) is 12.7. The lowest BCUT2D eigenvalue weighted by atomic mass is 10.0. The van der Waals surface area contributed by atoms with Gasteiger partial charge in [-0.05, 0) is 55.2 Å². The van der Waals surface area contributed by atoms with Crippen molar-refractivity contribution in [3.63, 3.8) is 0 Å². The van der Waals surface area contributed by atoms with E-state index in [1.807, 2.05) is 0 Å². The van der Waals surface area contributed by atoms with Crippen molar-refractivity contribution in [2.24, 2.45) is 11.5 Å². The van der Waals surface area contributed by atoms with Gasteiger partial charge in [0.1, 0.15) is 29.6 Å². The van der Waals surface area contributed by atoms with Gasteiger partial charge in [0.25, 0.3) is 0 Å².